The minimum Gasteiger partial charge on any atom is -0.472 e. The van der Waals surface area contributed by atoms with Crippen LogP contribution in [0.15, 0.2) is 37.1 Å². The quantitative estimate of drug-likeness (QED) is 0.248. The fourth-order valence-corrected chi connectivity index (χ4v) is 9.28. The Balaban J connectivity index is 1.34. The zero-order chi connectivity index (χ0) is 36.0. The number of rotatable bonds is 6. The standard InChI is InChI=1S/C36H45IN4O8S/c1-5-22-19-36(22,34(45)40-50(46,47)24-10-11-24)39-31(43)29-17-23-20-41(29)33(44)27(35(2,3)4)18-30(42)48-14-8-6-7-9-21-15-26-25(28(37)16-21)12-13-38-32(26)49-23/h5,12-13,15-16,22-24,27,29H,1,6-11,14,17-20H2,2-4H3,(H,39,43)(H,40,45)/t22-,23-,27-,29+,36-/m1/s1. The number of esters is 1. The number of hydrogen-bond donors (Lipinski definition) is 2. The molecule has 6 rings (SSSR count). The Hall–Kier alpha value is -3.27. The van der Waals surface area contributed by atoms with Crippen LogP contribution in [0, 0.1) is 20.8 Å². The number of nitrogens with zero attached hydrogens (tertiary/aromatic N) is 2. The van der Waals surface area contributed by atoms with Gasteiger partial charge in [0, 0.05) is 32.9 Å². The second kappa shape index (κ2) is 14.0. The molecule has 4 aliphatic rings. The molecule has 2 aliphatic carbocycles. The minimum atomic E-state index is -3.87. The number of nitrogens with one attached hydrogen (secondary N) is 2. The maximum absolute atomic E-state index is 14.5. The third-order valence-corrected chi connectivity index (χ3v) is 13.0. The van der Waals surface area contributed by atoms with Crippen LogP contribution in [0.3, 0.4) is 0 Å². The van der Waals surface area contributed by atoms with Gasteiger partial charge in [0.2, 0.25) is 27.7 Å². The molecule has 2 aliphatic heterocycles. The number of pyridine rings is 1. The second-order valence-electron chi connectivity index (χ2n) is 15.1. The normalized spacial score (nSPS) is 27.9. The fourth-order valence-electron chi connectivity index (χ4n) is 7.04. The first-order valence-electron chi connectivity index (χ1n) is 17.3. The molecule has 2 N–H and O–H groups in total. The topological polar surface area (TPSA) is 161 Å². The Morgan fingerprint density at radius 2 is 1.90 bits per heavy atom. The molecule has 1 aromatic carbocycles. The van der Waals surface area contributed by atoms with E-state index in [4.69, 9.17) is 9.47 Å². The predicted octanol–water partition coefficient (Wildman–Crippen LogP) is 4.18. The molecule has 1 saturated heterocycles. The van der Waals surface area contributed by atoms with Crippen LogP contribution in [-0.4, -0.2) is 78.1 Å². The molecule has 3 fully saturated rings. The number of amides is 3. The molecule has 2 aromatic rings. The van der Waals surface area contributed by atoms with E-state index in [1.807, 2.05) is 26.8 Å². The molecular weight excluding hydrogens is 775 g/mol. The van der Waals surface area contributed by atoms with Gasteiger partial charge in [-0.3, -0.25) is 23.9 Å². The van der Waals surface area contributed by atoms with Crippen LogP contribution in [-0.2, 0) is 40.4 Å². The van der Waals surface area contributed by atoms with Crippen molar-refractivity contribution in [2.24, 2.45) is 17.3 Å². The molecule has 50 heavy (non-hydrogen) atoms. The van der Waals surface area contributed by atoms with Crippen LogP contribution in [0.5, 0.6) is 5.88 Å². The number of aryl methyl sites for hydroxylation is 1. The number of hydrogen-bond acceptors (Lipinski definition) is 9. The molecule has 14 heteroatoms. The summed E-state index contributed by atoms with van der Waals surface area (Å²) < 4.78 is 40.7. The van der Waals surface area contributed by atoms with E-state index < -0.39 is 73.9 Å². The van der Waals surface area contributed by atoms with Crippen molar-refractivity contribution in [1.82, 2.24) is 19.9 Å². The number of carbonyl (C=O) groups is 4. The minimum absolute atomic E-state index is 0.0353. The molecule has 1 aromatic heterocycles. The summed E-state index contributed by atoms with van der Waals surface area (Å²) in [6, 6.07) is 5.07. The van der Waals surface area contributed by atoms with Crippen LogP contribution in [0.1, 0.15) is 77.7 Å². The van der Waals surface area contributed by atoms with Crippen LogP contribution in [0.25, 0.3) is 10.8 Å². The first-order chi connectivity index (χ1) is 23.6. The van der Waals surface area contributed by atoms with Crippen molar-refractivity contribution < 1.29 is 37.1 Å². The maximum Gasteiger partial charge on any atom is 0.306 e. The van der Waals surface area contributed by atoms with Crippen molar-refractivity contribution in [2.75, 3.05) is 13.2 Å². The van der Waals surface area contributed by atoms with E-state index in [0.717, 1.165) is 39.2 Å². The lowest BCUT2D eigenvalue weighted by atomic mass is 9.77. The predicted molar refractivity (Wildman–Crippen MR) is 194 cm³/mol. The van der Waals surface area contributed by atoms with Crippen molar-refractivity contribution in [1.29, 1.82) is 0 Å². The summed E-state index contributed by atoms with van der Waals surface area (Å²) >= 11 is 2.31. The number of aromatic nitrogens is 1. The zero-order valence-electron chi connectivity index (χ0n) is 28.7. The number of benzene rings is 1. The molecule has 4 bridgehead atoms. The van der Waals surface area contributed by atoms with Gasteiger partial charge in [-0.15, -0.1) is 6.58 Å². The Bertz CT molecular complexity index is 1820. The van der Waals surface area contributed by atoms with Gasteiger partial charge in [-0.2, -0.15) is 0 Å². The number of halogens is 1. The molecule has 0 unspecified atom stereocenters. The highest BCUT2D eigenvalue weighted by atomic mass is 127. The van der Waals surface area contributed by atoms with Gasteiger partial charge in [-0.05, 0) is 96.7 Å². The van der Waals surface area contributed by atoms with Gasteiger partial charge < -0.3 is 19.7 Å². The second-order valence-corrected chi connectivity index (χ2v) is 18.2. The average Bonchev–Trinajstić information content (AvgIpc) is 3.97. The highest BCUT2D eigenvalue weighted by Crippen LogP contribution is 2.46. The van der Waals surface area contributed by atoms with Crippen LogP contribution in [0.4, 0.5) is 0 Å². The molecule has 0 spiro atoms. The monoisotopic (exact) mass is 820 g/mol. The molecule has 5 atom stereocenters. The Kier molecular flexibility index (Phi) is 10.3. The summed E-state index contributed by atoms with van der Waals surface area (Å²) in [6.45, 7) is 9.67. The van der Waals surface area contributed by atoms with Crippen molar-refractivity contribution in [3.63, 3.8) is 0 Å². The number of carbonyl (C=O) groups excluding carboxylic acids is 4. The number of ether oxygens (including phenoxy) is 2. The molecule has 270 valence electrons. The Morgan fingerprint density at radius 3 is 2.58 bits per heavy atom. The van der Waals surface area contributed by atoms with Crippen molar-refractivity contribution in [3.05, 3.63) is 46.2 Å². The van der Waals surface area contributed by atoms with Gasteiger partial charge >= 0.3 is 5.97 Å². The van der Waals surface area contributed by atoms with Gasteiger partial charge in [0.15, 0.2) is 0 Å². The lowest BCUT2D eigenvalue weighted by Gasteiger charge is -2.35. The van der Waals surface area contributed by atoms with E-state index >= 15 is 0 Å². The van der Waals surface area contributed by atoms with Gasteiger partial charge in [0.1, 0.15) is 17.7 Å². The van der Waals surface area contributed by atoms with Crippen molar-refractivity contribution in [3.8, 4) is 5.88 Å². The highest BCUT2D eigenvalue weighted by Gasteiger charge is 2.62. The largest absolute Gasteiger partial charge is 0.472 e. The Labute approximate surface area is 306 Å². The van der Waals surface area contributed by atoms with E-state index in [-0.39, 0.29) is 32.4 Å². The first-order valence-corrected chi connectivity index (χ1v) is 20.0. The summed E-state index contributed by atoms with van der Waals surface area (Å²) in [5, 5.41) is 4.01. The molecule has 3 heterocycles. The van der Waals surface area contributed by atoms with E-state index in [2.05, 4.69) is 56.3 Å². The van der Waals surface area contributed by atoms with Gasteiger partial charge in [0.05, 0.1) is 30.7 Å². The smallest absolute Gasteiger partial charge is 0.306 e. The van der Waals surface area contributed by atoms with Gasteiger partial charge in [-0.1, -0.05) is 26.8 Å². The summed E-state index contributed by atoms with van der Waals surface area (Å²) in [5.74, 6) is -3.23. The van der Waals surface area contributed by atoms with E-state index in [1.165, 1.54) is 11.0 Å². The molecular formula is C36H45IN4O8S. The van der Waals surface area contributed by atoms with E-state index in [1.54, 1.807) is 6.20 Å². The maximum atomic E-state index is 14.5. The molecule has 3 amide bonds. The zero-order valence-corrected chi connectivity index (χ0v) is 31.7. The van der Waals surface area contributed by atoms with Crippen molar-refractivity contribution >= 4 is 67.1 Å². The van der Waals surface area contributed by atoms with Gasteiger partial charge in [0.25, 0.3) is 5.91 Å². The molecule has 2 saturated carbocycles. The number of cyclic esters (lactones) is 1. The lowest BCUT2D eigenvalue weighted by molar-refractivity contribution is -0.153. The first kappa shape index (κ1) is 36.5. The third kappa shape index (κ3) is 7.65. The summed E-state index contributed by atoms with van der Waals surface area (Å²) in [7, 11) is -3.87. The summed E-state index contributed by atoms with van der Waals surface area (Å²) in [6.07, 6.45) is 6.90. The SMILES string of the molecule is C=C[C@@H]1C[C@]1(NC(=O)[C@@H]1C[C@@H]2CN1C(=O)[C@H](C(C)(C)C)CC(=O)OCCCCCc1cc(I)c3ccnc(c3c1)O2)C(=O)NS(=O)(=O)C1CC1. The number of sulfonamides is 1. The lowest BCUT2D eigenvalue weighted by Crippen LogP contribution is -2.57. The average molecular weight is 821 g/mol. The third-order valence-electron chi connectivity index (χ3n) is 10.3. The van der Waals surface area contributed by atoms with Crippen LogP contribution < -0.4 is 14.8 Å². The fraction of sp³-hybridized carbons (Fsp3) is 0.583. The van der Waals surface area contributed by atoms with E-state index in [0.29, 0.717) is 25.1 Å². The van der Waals surface area contributed by atoms with Gasteiger partial charge in [-0.25, -0.2) is 13.4 Å². The Morgan fingerprint density at radius 1 is 1.14 bits per heavy atom. The number of fused-ring (bicyclic) bond motifs is 3. The molecule has 12 nitrogen and oxygen atoms in total. The van der Waals surface area contributed by atoms with Crippen molar-refractivity contribution in [2.45, 2.75) is 101 Å². The van der Waals surface area contributed by atoms with E-state index in [9.17, 15) is 27.6 Å². The summed E-state index contributed by atoms with van der Waals surface area (Å²) in [4.78, 5) is 61.2. The van der Waals surface area contributed by atoms with Crippen LogP contribution >= 0.6 is 22.6 Å². The highest BCUT2D eigenvalue weighted by molar-refractivity contribution is 14.1. The van der Waals surface area contributed by atoms with Crippen LogP contribution in [0.2, 0.25) is 0 Å². The summed E-state index contributed by atoms with van der Waals surface area (Å²) in [5.41, 5.74) is -1.05. The molecule has 0 radical (unpaired) electrons.